The molecule has 3 heterocycles. The lowest BCUT2D eigenvalue weighted by molar-refractivity contribution is 0.0123. The van der Waals surface area contributed by atoms with Gasteiger partial charge in [0.05, 0.1) is 12.0 Å². The molecular weight excluding hydrogens is 637 g/mol. The van der Waals surface area contributed by atoms with Crippen molar-refractivity contribution in [1.82, 2.24) is 14.5 Å². The van der Waals surface area contributed by atoms with E-state index in [1.54, 1.807) is 42.7 Å². The molecule has 1 saturated carbocycles. The number of nitrogens with zero attached hydrogens (tertiary/aromatic N) is 4. The summed E-state index contributed by atoms with van der Waals surface area (Å²) in [6, 6.07) is 19.6. The molecule has 4 aliphatic rings. The van der Waals surface area contributed by atoms with E-state index in [-0.39, 0.29) is 23.5 Å². The minimum absolute atomic E-state index is 0.0477. The first kappa shape index (κ1) is 34.8. The second-order valence-electron chi connectivity index (χ2n) is 14.7. The first-order valence-corrected chi connectivity index (χ1v) is 18.8. The van der Waals surface area contributed by atoms with Crippen LogP contribution in [-0.4, -0.2) is 57.7 Å². The van der Waals surface area contributed by atoms with Crippen LogP contribution >= 0.6 is 0 Å². The topological polar surface area (TPSA) is 114 Å². The fourth-order valence-corrected chi connectivity index (χ4v) is 9.12. The van der Waals surface area contributed by atoms with Crippen molar-refractivity contribution in [1.29, 1.82) is 0 Å². The number of piperidine rings is 1. The number of allylic oxidation sites excluding steroid dienone is 3. The van der Waals surface area contributed by atoms with Gasteiger partial charge in [-0.3, -0.25) is 9.35 Å². The number of oxime groups is 1. The molecule has 1 saturated heterocycles. The number of carbonyl (C=O) groups excluding carboxylic acids is 1. The van der Waals surface area contributed by atoms with E-state index in [9.17, 15) is 17.8 Å². The number of benzene rings is 2. The van der Waals surface area contributed by atoms with Gasteiger partial charge in [-0.05, 0) is 63.5 Å². The number of hydrogen-bond acceptors (Lipinski definition) is 6. The molecule has 0 bridgehead atoms. The van der Waals surface area contributed by atoms with Crippen LogP contribution in [0.2, 0.25) is 0 Å². The van der Waals surface area contributed by atoms with Crippen molar-refractivity contribution < 1.29 is 22.6 Å². The Morgan fingerprint density at radius 3 is 2.31 bits per heavy atom. The van der Waals surface area contributed by atoms with Gasteiger partial charge in [0.25, 0.3) is 16.0 Å². The van der Waals surface area contributed by atoms with Gasteiger partial charge in [0.1, 0.15) is 16.0 Å². The molecule has 2 aromatic carbocycles. The third kappa shape index (κ3) is 7.17. The van der Waals surface area contributed by atoms with Gasteiger partial charge in [-0.15, -0.1) is 0 Å². The Balaban J connectivity index is 0.000000183. The average molecular weight is 685 g/mol. The summed E-state index contributed by atoms with van der Waals surface area (Å²) in [5, 5.41) is 4.32. The molecule has 6 atom stereocenters. The fraction of sp³-hybridized carbons (Fsp3) is 0.462. The third-order valence-electron chi connectivity index (χ3n) is 10.4. The van der Waals surface area contributed by atoms with Crippen molar-refractivity contribution in [3.63, 3.8) is 0 Å². The predicted octanol–water partition coefficient (Wildman–Crippen LogP) is 7.26. The number of likely N-dealkylation sites (tertiary alicyclic amines) is 1. The van der Waals surface area contributed by atoms with Crippen molar-refractivity contribution in [2.24, 2.45) is 28.8 Å². The van der Waals surface area contributed by atoms with Crippen LogP contribution in [0.1, 0.15) is 81.5 Å². The molecule has 9 nitrogen and oxygen atoms in total. The number of carbonyl (C=O) groups is 1. The summed E-state index contributed by atoms with van der Waals surface area (Å²) in [6.07, 6.45) is 12.4. The lowest BCUT2D eigenvalue weighted by atomic mass is 9.78. The molecule has 10 heteroatoms. The highest BCUT2D eigenvalue weighted by molar-refractivity contribution is 7.87. The molecule has 2 aliphatic heterocycles. The molecule has 0 radical (unpaired) electrons. The van der Waals surface area contributed by atoms with Crippen LogP contribution < -0.4 is 0 Å². The SMILES string of the molecule is CCC[C@@H]1C=C(C)C=CC1(c1ccccc1)S(=O)(=O)O.C[C@@H](Cc1ccccc1)n1cnc(C(=O)N2C[C@@H]3C(C4=NOC(C)(C)C4)[C@@H]3C2)c1. The number of amides is 1. The van der Waals surface area contributed by atoms with E-state index >= 15 is 0 Å². The van der Waals surface area contributed by atoms with Crippen molar-refractivity contribution in [2.75, 3.05) is 13.1 Å². The van der Waals surface area contributed by atoms with Gasteiger partial charge in [-0.1, -0.05) is 103 Å². The van der Waals surface area contributed by atoms with E-state index in [0.717, 1.165) is 37.9 Å². The van der Waals surface area contributed by atoms with Crippen molar-refractivity contribution in [2.45, 2.75) is 76.7 Å². The zero-order valence-electron chi connectivity index (χ0n) is 29.1. The van der Waals surface area contributed by atoms with Crippen LogP contribution in [-0.2, 0) is 26.1 Å². The van der Waals surface area contributed by atoms with Gasteiger partial charge in [-0.2, -0.15) is 8.42 Å². The van der Waals surface area contributed by atoms with Crippen LogP contribution in [0, 0.1) is 23.7 Å². The van der Waals surface area contributed by atoms with E-state index in [1.807, 2.05) is 47.7 Å². The Bertz CT molecular complexity index is 1840. The summed E-state index contributed by atoms with van der Waals surface area (Å²) in [5.74, 6) is 1.37. The summed E-state index contributed by atoms with van der Waals surface area (Å²) >= 11 is 0. The molecule has 2 fully saturated rings. The molecule has 1 amide bonds. The number of fused-ring (bicyclic) bond motifs is 1. The number of imidazole rings is 1. The average Bonchev–Trinajstić information content (AvgIpc) is 3.47. The maximum atomic E-state index is 12.9. The fourth-order valence-electron chi connectivity index (χ4n) is 7.88. The first-order valence-electron chi connectivity index (χ1n) is 17.3. The highest BCUT2D eigenvalue weighted by Crippen LogP contribution is 2.54. The van der Waals surface area contributed by atoms with Gasteiger partial charge in [0, 0.05) is 43.6 Å². The Kier molecular flexibility index (Phi) is 9.74. The smallest absolute Gasteiger partial charge is 0.279 e. The Morgan fingerprint density at radius 1 is 1.06 bits per heavy atom. The van der Waals surface area contributed by atoms with E-state index in [1.165, 1.54) is 11.3 Å². The number of hydrogen-bond donors (Lipinski definition) is 1. The van der Waals surface area contributed by atoms with Crippen LogP contribution in [0.5, 0.6) is 0 Å². The highest BCUT2D eigenvalue weighted by atomic mass is 32.2. The van der Waals surface area contributed by atoms with Crippen molar-refractivity contribution in [3.8, 4) is 0 Å². The van der Waals surface area contributed by atoms with E-state index in [0.29, 0.717) is 35.4 Å². The van der Waals surface area contributed by atoms with Crippen LogP contribution in [0.4, 0.5) is 0 Å². The standard InChI is InChI=1S/C23H28N4O2.C16H20O3S/c1-15(9-16-7-5-4-6-8-16)27-13-20(24-14-27)22(28)26-11-17-18(12-26)21(17)19-10-23(2,3)29-25-19;1-3-7-15-12-13(2)10-11-16(15,20(17,18)19)14-8-5-4-6-9-14/h4-8,13-15,17-18,21H,9-12H2,1-3H3;4-6,8-12,15H,3,7H2,1-2H3,(H,17,18,19)/t15-,17-,18+,21?;15-,16?/m01/s1. The Morgan fingerprint density at radius 2 is 1.71 bits per heavy atom. The normalized spacial score (nSPS) is 27.3. The van der Waals surface area contributed by atoms with Crippen molar-refractivity contribution in [3.05, 3.63) is 114 Å². The summed E-state index contributed by atoms with van der Waals surface area (Å²) < 4.78 is 34.9. The Labute approximate surface area is 290 Å². The molecule has 3 aromatic rings. The van der Waals surface area contributed by atoms with E-state index < -0.39 is 14.9 Å². The monoisotopic (exact) mass is 684 g/mol. The molecule has 1 aromatic heterocycles. The molecule has 2 aliphatic carbocycles. The minimum Gasteiger partial charge on any atom is -0.389 e. The minimum atomic E-state index is -4.27. The van der Waals surface area contributed by atoms with Gasteiger partial charge in [0.15, 0.2) is 0 Å². The van der Waals surface area contributed by atoms with Crippen LogP contribution in [0.25, 0.3) is 0 Å². The summed E-state index contributed by atoms with van der Waals surface area (Å²) in [6.45, 7) is 11.9. The second kappa shape index (κ2) is 13.7. The molecular formula is C39H48N4O5S. The molecule has 7 rings (SSSR count). The van der Waals surface area contributed by atoms with Crippen LogP contribution in [0.3, 0.4) is 0 Å². The largest absolute Gasteiger partial charge is 0.389 e. The van der Waals surface area contributed by atoms with E-state index in [4.69, 9.17) is 4.84 Å². The zero-order chi connectivity index (χ0) is 35.0. The maximum absolute atomic E-state index is 12.9. The third-order valence-corrected chi connectivity index (χ3v) is 12.0. The summed E-state index contributed by atoms with van der Waals surface area (Å²) in [5.41, 5.74) is 4.49. The Hall–Kier alpha value is -4.02. The van der Waals surface area contributed by atoms with E-state index in [2.05, 4.69) is 55.2 Å². The summed E-state index contributed by atoms with van der Waals surface area (Å²) in [7, 11) is -4.27. The lowest BCUT2D eigenvalue weighted by Gasteiger charge is -2.37. The summed E-state index contributed by atoms with van der Waals surface area (Å²) in [4.78, 5) is 24.8. The highest BCUT2D eigenvalue weighted by Gasteiger charge is 2.60. The lowest BCUT2D eigenvalue weighted by Crippen LogP contribution is -2.41. The van der Waals surface area contributed by atoms with Crippen LogP contribution in [0.15, 0.2) is 102 Å². The molecule has 1 N–H and O–H groups in total. The number of rotatable bonds is 9. The van der Waals surface area contributed by atoms with Gasteiger partial charge >= 0.3 is 0 Å². The molecule has 260 valence electrons. The van der Waals surface area contributed by atoms with Crippen molar-refractivity contribution >= 4 is 21.7 Å². The predicted molar refractivity (Wildman–Crippen MR) is 192 cm³/mol. The number of aromatic nitrogens is 2. The van der Waals surface area contributed by atoms with Gasteiger partial charge in [0.2, 0.25) is 0 Å². The van der Waals surface area contributed by atoms with Gasteiger partial charge in [-0.25, -0.2) is 4.98 Å². The maximum Gasteiger partial charge on any atom is 0.279 e. The quantitative estimate of drug-likeness (QED) is 0.237. The second-order valence-corrected chi connectivity index (χ2v) is 16.3. The van der Waals surface area contributed by atoms with Gasteiger partial charge < -0.3 is 14.3 Å². The zero-order valence-corrected chi connectivity index (χ0v) is 29.9. The first-order chi connectivity index (χ1) is 23.3. The molecule has 49 heavy (non-hydrogen) atoms. The molecule has 2 unspecified atom stereocenters. The molecule has 0 spiro atoms.